The molecule has 90 valence electrons. The maximum atomic E-state index is 3.80. The summed E-state index contributed by atoms with van der Waals surface area (Å²) < 4.78 is 1.26. The van der Waals surface area contributed by atoms with Crippen molar-refractivity contribution in [2.24, 2.45) is 0 Å². The fourth-order valence-corrected chi connectivity index (χ4v) is 3.42. The monoisotopic (exact) mass is 298 g/mol. The van der Waals surface area contributed by atoms with E-state index in [-0.39, 0.29) is 0 Å². The molecule has 0 aliphatic heterocycles. The van der Waals surface area contributed by atoms with Crippen LogP contribution in [0.2, 0.25) is 0 Å². The van der Waals surface area contributed by atoms with Gasteiger partial charge >= 0.3 is 0 Å². The molecule has 0 fully saturated rings. The standard InChI is InChI=1S/C17H15Br/c1-2-7-15-13-9-4-3-8-12(13)14-10-5-6-11-16(14)17(15)18/h3-6,8-11H,2,7H2,1H3. The SMILES string of the molecule is CCCc1c(Br)c2ccccc2c2ccccc12. The quantitative estimate of drug-likeness (QED) is 0.532. The van der Waals surface area contributed by atoms with Crippen molar-refractivity contribution in [3.63, 3.8) is 0 Å². The van der Waals surface area contributed by atoms with Crippen molar-refractivity contribution in [1.82, 2.24) is 0 Å². The molecular weight excluding hydrogens is 284 g/mol. The van der Waals surface area contributed by atoms with Crippen molar-refractivity contribution in [2.75, 3.05) is 0 Å². The van der Waals surface area contributed by atoms with Gasteiger partial charge in [0.05, 0.1) is 0 Å². The van der Waals surface area contributed by atoms with E-state index < -0.39 is 0 Å². The van der Waals surface area contributed by atoms with Gasteiger partial charge in [0, 0.05) is 4.47 Å². The highest BCUT2D eigenvalue weighted by Crippen LogP contribution is 2.36. The summed E-state index contributed by atoms with van der Waals surface area (Å²) in [4.78, 5) is 0. The molecule has 0 saturated heterocycles. The third-order valence-electron chi connectivity index (χ3n) is 3.47. The highest BCUT2D eigenvalue weighted by Gasteiger charge is 2.10. The maximum absolute atomic E-state index is 3.80. The molecule has 0 radical (unpaired) electrons. The Hall–Kier alpha value is -1.34. The Labute approximate surface area is 116 Å². The van der Waals surface area contributed by atoms with E-state index >= 15 is 0 Å². The lowest BCUT2D eigenvalue weighted by Gasteiger charge is -2.13. The Morgan fingerprint density at radius 2 is 1.28 bits per heavy atom. The van der Waals surface area contributed by atoms with Gasteiger partial charge in [0.1, 0.15) is 0 Å². The highest BCUT2D eigenvalue weighted by atomic mass is 79.9. The molecule has 0 N–H and O–H groups in total. The van der Waals surface area contributed by atoms with Crippen molar-refractivity contribution in [3.8, 4) is 0 Å². The van der Waals surface area contributed by atoms with Crippen LogP contribution in [0.4, 0.5) is 0 Å². The zero-order valence-corrected chi connectivity index (χ0v) is 12.0. The van der Waals surface area contributed by atoms with Crippen LogP contribution >= 0.6 is 15.9 Å². The van der Waals surface area contributed by atoms with E-state index in [9.17, 15) is 0 Å². The number of fused-ring (bicyclic) bond motifs is 3. The number of rotatable bonds is 2. The van der Waals surface area contributed by atoms with Crippen LogP contribution in [0.5, 0.6) is 0 Å². The number of halogens is 1. The molecule has 18 heavy (non-hydrogen) atoms. The molecule has 0 saturated carbocycles. The van der Waals surface area contributed by atoms with Gasteiger partial charge < -0.3 is 0 Å². The van der Waals surface area contributed by atoms with Crippen LogP contribution in [0, 0.1) is 0 Å². The molecule has 3 aromatic rings. The zero-order chi connectivity index (χ0) is 12.5. The minimum absolute atomic E-state index is 1.12. The molecule has 0 heterocycles. The molecule has 0 aliphatic carbocycles. The van der Waals surface area contributed by atoms with Gasteiger partial charge in [-0.2, -0.15) is 0 Å². The number of hydrogen-bond donors (Lipinski definition) is 0. The number of aryl methyl sites for hydroxylation is 1. The van der Waals surface area contributed by atoms with Crippen LogP contribution in [-0.2, 0) is 6.42 Å². The van der Waals surface area contributed by atoms with Crippen molar-refractivity contribution in [1.29, 1.82) is 0 Å². The van der Waals surface area contributed by atoms with Crippen LogP contribution in [0.3, 0.4) is 0 Å². The minimum atomic E-state index is 1.12. The summed E-state index contributed by atoms with van der Waals surface area (Å²) in [5, 5.41) is 5.39. The summed E-state index contributed by atoms with van der Waals surface area (Å²) in [6, 6.07) is 17.3. The van der Waals surface area contributed by atoms with Gasteiger partial charge in [-0.1, -0.05) is 61.9 Å². The summed E-state index contributed by atoms with van der Waals surface area (Å²) in [5.74, 6) is 0. The molecule has 1 heteroatoms. The Kier molecular flexibility index (Phi) is 3.09. The van der Waals surface area contributed by atoms with E-state index in [1.54, 1.807) is 0 Å². The van der Waals surface area contributed by atoms with Crippen molar-refractivity contribution in [2.45, 2.75) is 19.8 Å². The van der Waals surface area contributed by atoms with Gasteiger partial charge in [0.15, 0.2) is 0 Å². The lowest BCUT2D eigenvalue weighted by Crippen LogP contribution is -1.90. The largest absolute Gasteiger partial charge is 0.0651 e. The lowest BCUT2D eigenvalue weighted by molar-refractivity contribution is 0.927. The lowest BCUT2D eigenvalue weighted by atomic mass is 9.95. The Bertz CT molecular complexity index is 713. The first kappa shape index (κ1) is 11.7. The predicted octanol–water partition coefficient (Wildman–Crippen LogP) is 5.71. The fourth-order valence-electron chi connectivity index (χ4n) is 2.67. The first-order chi connectivity index (χ1) is 8.83. The zero-order valence-electron chi connectivity index (χ0n) is 10.4. The topological polar surface area (TPSA) is 0 Å². The molecule has 0 amide bonds. The average Bonchev–Trinajstić information content (AvgIpc) is 2.43. The van der Waals surface area contributed by atoms with Crippen LogP contribution in [0.25, 0.3) is 21.5 Å². The second-order valence-corrected chi connectivity index (χ2v) is 5.43. The molecule has 0 spiro atoms. The van der Waals surface area contributed by atoms with Crippen molar-refractivity contribution in [3.05, 3.63) is 58.6 Å². The highest BCUT2D eigenvalue weighted by molar-refractivity contribution is 9.10. The van der Waals surface area contributed by atoms with Gasteiger partial charge in [-0.3, -0.25) is 0 Å². The number of hydrogen-bond acceptors (Lipinski definition) is 0. The molecule has 3 rings (SSSR count). The average molecular weight is 299 g/mol. The minimum Gasteiger partial charge on any atom is -0.0651 e. The number of benzene rings is 3. The summed E-state index contributed by atoms with van der Waals surface area (Å²) in [6.45, 7) is 2.23. The molecule has 0 unspecified atom stereocenters. The van der Waals surface area contributed by atoms with Gasteiger partial charge in [-0.05, 0) is 49.5 Å². The normalized spacial score (nSPS) is 11.2. The summed E-state index contributed by atoms with van der Waals surface area (Å²) >= 11 is 3.80. The van der Waals surface area contributed by atoms with Gasteiger partial charge in [0.2, 0.25) is 0 Å². The van der Waals surface area contributed by atoms with Gasteiger partial charge in [0.25, 0.3) is 0 Å². The van der Waals surface area contributed by atoms with Crippen LogP contribution < -0.4 is 0 Å². The second-order valence-electron chi connectivity index (χ2n) is 4.63. The second kappa shape index (κ2) is 4.74. The molecule has 0 bridgehead atoms. The summed E-state index contributed by atoms with van der Waals surface area (Å²) in [5.41, 5.74) is 1.44. The molecular formula is C17H15Br. The van der Waals surface area contributed by atoms with Gasteiger partial charge in [-0.15, -0.1) is 0 Å². The van der Waals surface area contributed by atoms with Crippen LogP contribution in [0.1, 0.15) is 18.9 Å². The van der Waals surface area contributed by atoms with E-state index in [2.05, 4.69) is 71.4 Å². The Morgan fingerprint density at radius 3 is 1.89 bits per heavy atom. The van der Waals surface area contributed by atoms with E-state index in [1.165, 1.54) is 38.0 Å². The molecule has 0 nitrogen and oxygen atoms in total. The molecule has 0 aromatic heterocycles. The van der Waals surface area contributed by atoms with E-state index in [4.69, 9.17) is 0 Å². The Morgan fingerprint density at radius 1 is 0.778 bits per heavy atom. The summed E-state index contributed by atoms with van der Waals surface area (Å²) in [6.07, 6.45) is 2.28. The fraction of sp³-hybridized carbons (Fsp3) is 0.176. The third-order valence-corrected chi connectivity index (χ3v) is 4.38. The van der Waals surface area contributed by atoms with E-state index in [0.29, 0.717) is 0 Å². The third kappa shape index (κ3) is 1.74. The first-order valence-corrected chi connectivity index (χ1v) is 7.20. The maximum Gasteiger partial charge on any atom is 0.0292 e. The first-order valence-electron chi connectivity index (χ1n) is 6.40. The Balaban J connectivity index is 2.53. The molecule has 0 aliphatic rings. The van der Waals surface area contributed by atoms with Gasteiger partial charge in [-0.25, -0.2) is 0 Å². The summed E-state index contributed by atoms with van der Waals surface area (Å²) in [7, 11) is 0. The van der Waals surface area contributed by atoms with Crippen LogP contribution in [-0.4, -0.2) is 0 Å². The smallest absolute Gasteiger partial charge is 0.0292 e. The van der Waals surface area contributed by atoms with E-state index in [0.717, 1.165) is 6.42 Å². The molecule has 0 atom stereocenters. The predicted molar refractivity (Wildman–Crippen MR) is 83.1 cm³/mol. The van der Waals surface area contributed by atoms with Crippen molar-refractivity contribution < 1.29 is 0 Å². The van der Waals surface area contributed by atoms with Crippen LogP contribution in [0.15, 0.2) is 53.0 Å². The molecule has 3 aromatic carbocycles. The van der Waals surface area contributed by atoms with E-state index in [1.807, 2.05) is 0 Å². The van der Waals surface area contributed by atoms with Crippen molar-refractivity contribution >= 4 is 37.5 Å².